The highest BCUT2D eigenvalue weighted by Gasteiger charge is 2.07. The summed E-state index contributed by atoms with van der Waals surface area (Å²) in [6.45, 7) is 2.18. The SMILES string of the molecule is Cc1ccc(NC(=O)NCc2ccccc2Cl)c(O)c1. The monoisotopic (exact) mass is 290 g/mol. The first-order chi connectivity index (χ1) is 9.56. The molecule has 20 heavy (non-hydrogen) atoms. The number of aromatic hydroxyl groups is 1. The zero-order chi connectivity index (χ0) is 14.5. The van der Waals surface area contributed by atoms with Gasteiger partial charge < -0.3 is 15.7 Å². The second kappa shape index (κ2) is 6.30. The van der Waals surface area contributed by atoms with Crippen LogP contribution in [0.15, 0.2) is 42.5 Å². The quantitative estimate of drug-likeness (QED) is 0.755. The molecule has 0 aliphatic carbocycles. The molecule has 0 radical (unpaired) electrons. The van der Waals surface area contributed by atoms with Gasteiger partial charge in [-0.15, -0.1) is 0 Å². The first-order valence-corrected chi connectivity index (χ1v) is 6.52. The smallest absolute Gasteiger partial charge is 0.319 e. The standard InChI is InChI=1S/C15H15ClN2O2/c1-10-6-7-13(14(19)8-10)18-15(20)17-9-11-4-2-3-5-12(11)16/h2-8,19H,9H2,1H3,(H2,17,18,20). The fourth-order valence-electron chi connectivity index (χ4n) is 1.73. The van der Waals surface area contributed by atoms with Crippen LogP contribution in [0, 0.1) is 6.92 Å². The molecule has 0 atom stereocenters. The molecule has 2 amide bonds. The Labute approximate surface area is 122 Å². The van der Waals surface area contributed by atoms with Crippen LogP contribution < -0.4 is 10.6 Å². The molecule has 5 heteroatoms. The van der Waals surface area contributed by atoms with Crippen LogP contribution in [0.2, 0.25) is 5.02 Å². The minimum atomic E-state index is -0.399. The molecular weight excluding hydrogens is 276 g/mol. The van der Waals surface area contributed by atoms with Crippen LogP contribution in [0.1, 0.15) is 11.1 Å². The van der Waals surface area contributed by atoms with Crippen LogP contribution in [0.4, 0.5) is 10.5 Å². The number of benzene rings is 2. The molecule has 0 saturated heterocycles. The number of anilines is 1. The number of rotatable bonds is 3. The summed E-state index contributed by atoms with van der Waals surface area (Å²) in [6.07, 6.45) is 0. The minimum Gasteiger partial charge on any atom is -0.506 e. The zero-order valence-electron chi connectivity index (χ0n) is 11.0. The lowest BCUT2D eigenvalue weighted by atomic mass is 10.2. The van der Waals surface area contributed by atoms with E-state index in [1.54, 1.807) is 18.2 Å². The molecule has 0 saturated carbocycles. The Morgan fingerprint density at radius 3 is 2.70 bits per heavy atom. The molecule has 0 bridgehead atoms. The number of aryl methyl sites for hydroxylation is 1. The minimum absolute atomic E-state index is 0.0397. The number of hydrogen-bond acceptors (Lipinski definition) is 2. The van der Waals surface area contributed by atoms with Crippen molar-refractivity contribution in [2.45, 2.75) is 13.5 Å². The molecular formula is C15H15ClN2O2. The van der Waals surface area contributed by atoms with E-state index in [1.165, 1.54) is 0 Å². The summed E-state index contributed by atoms with van der Waals surface area (Å²) in [4.78, 5) is 11.8. The fraction of sp³-hybridized carbons (Fsp3) is 0.133. The first kappa shape index (κ1) is 14.2. The molecule has 104 valence electrons. The maximum Gasteiger partial charge on any atom is 0.319 e. The summed E-state index contributed by atoms with van der Waals surface area (Å²) in [5.74, 6) is 0.0397. The molecule has 0 spiro atoms. The number of amides is 2. The lowest BCUT2D eigenvalue weighted by Gasteiger charge is -2.10. The Balaban J connectivity index is 1.94. The van der Waals surface area contributed by atoms with E-state index >= 15 is 0 Å². The van der Waals surface area contributed by atoms with E-state index in [9.17, 15) is 9.90 Å². The number of hydrogen-bond donors (Lipinski definition) is 3. The number of urea groups is 1. The van der Waals surface area contributed by atoms with Gasteiger partial charge in [-0.2, -0.15) is 0 Å². The third-order valence-corrected chi connectivity index (χ3v) is 3.17. The normalized spacial score (nSPS) is 10.1. The Morgan fingerprint density at radius 2 is 2.00 bits per heavy atom. The number of phenolic OH excluding ortho intramolecular Hbond substituents is 1. The summed E-state index contributed by atoms with van der Waals surface area (Å²) in [5.41, 5.74) is 2.12. The van der Waals surface area contributed by atoms with E-state index < -0.39 is 6.03 Å². The van der Waals surface area contributed by atoms with Crippen LogP contribution in [0.25, 0.3) is 0 Å². The molecule has 2 aromatic carbocycles. The number of carbonyl (C=O) groups excluding carboxylic acids is 1. The number of nitrogens with one attached hydrogen (secondary N) is 2. The van der Waals surface area contributed by atoms with Gasteiger partial charge in [0.2, 0.25) is 0 Å². The highest BCUT2D eigenvalue weighted by molar-refractivity contribution is 6.31. The van der Waals surface area contributed by atoms with Crippen molar-refractivity contribution < 1.29 is 9.90 Å². The van der Waals surface area contributed by atoms with Gasteiger partial charge in [0.25, 0.3) is 0 Å². The Morgan fingerprint density at radius 1 is 1.25 bits per heavy atom. The van der Waals surface area contributed by atoms with Crippen LogP contribution in [-0.2, 0) is 6.54 Å². The van der Waals surface area contributed by atoms with E-state index in [-0.39, 0.29) is 5.75 Å². The highest BCUT2D eigenvalue weighted by atomic mass is 35.5. The second-order valence-corrected chi connectivity index (χ2v) is 4.83. The number of phenols is 1. The Bertz CT molecular complexity index is 629. The zero-order valence-corrected chi connectivity index (χ0v) is 11.7. The summed E-state index contributed by atoms with van der Waals surface area (Å²) in [5, 5.41) is 15.6. The lowest BCUT2D eigenvalue weighted by Crippen LogP contribution is -2.28. The lowest BCUT2D eigenvalue weighted by molar-refractivity contribution is 0.251. The van der Waals surface area contributed by atoms with Crippen molar-refractivity contribution >= 4 is 23.3 Å². The molecule has 0 aliphatic heterocycles. The average Bonchev–Trinajstić information content (AvgIpc) is 2.41. The van der Waals surface area contributed by atoms with E-state index in [0.717, 1.165) is 11.1 Å². The summed E-state index contributed by atoms with van der Waals surface area (Å²) >= 11 is 6.00. The highest BCUT2D eigenvalue weighted by Crippen LogP contribution is 2.23. The molecule has 2 rings (SSSR count). The van der Waals surface area contributed by atoms with Gasteiger partial charge in [0.05, 0.1) is 5.69 Å². The van der Waals surface area contributed by atoms with E-state index in [2.05, 4.69) is 10.6 Å². The van der Waals surface area contributed by atoms with Gasteiger partial charge in [-0.25, -0.2) is 4.79 Å². The molecule has 4 nitrogen and oxygen atoms in total. The van der Waals surface area contributed by atoms with Gasteiger partial charge in [-0.3, -0.25) is 0 Å². The van der Waals surface area contributed by atoms with Gasteiger partial charge in [-0.05, 0) is 36.2 Å². The Kier molecular flexibility index (Phi) is 4.48. The van der Waals surface area contributed by atoms with Crippen molar-refractivity contribution in [2.75, 3.05) is 5.32 Å². The largest absolute Gasteiger partial charge is 0.506 e. The predicted molar refractivity (Wildman–Crippen MR) is 80.2 cm³/mol. The first-order valence-electron chi connectivity index (χ1n) is 6.14. The van der Waals surface area contributed by atoms with Crippen molar-refractivity contribution in [3.8, 4) is 5.75 Å². The molecule has 0 unspecified atom stereocenters. The number of carbonyl (C=O) groups is 1. The van der Waals surface area contributed by atoms with Crippen LogP contribution in [0.3, 0.4) is 0 Å². The van der Waals surface area contributed by atoms with Crippen LogP contribution in [-0.4, -0.2) is 11.1 Å². The Hall–Kier alpha value is -2.20. The van der Waals surface area contributed by atoms with Crippen LogP contribution in [0.5, 0.6) is 5.75 Å². The van der Waals surface area contributed by atoms with Gasteiger partial charge in [0, 0.05) is 11.6 Å². The molecule has 0 fully saturated rings. The molecule has 0 heterocycles. The van der Waals surface area contributed by atoms with E-state index in [1.807, 2.05) is 31.2 Å². The van der Waals surface area contributed by atoms with Gasteiger partial charge >= 0.3 is 6.03 Å². The van der Waals surface area contributed by atoms with Gasteiger partial charge in [0.15, 0.2) is 0 Å². The fourth-order valence-corrected chi connectivity index (χ4v) is 1.93. The van der Waals surface area contributed by atoms with Gasteiger partial charge in [-0.1, -0.05) is 35.9 Å². The van der Waals surface area contributed by atoms with Crippen molar-refractivity contribution in [3.05, 3.63) is 58.6 Å². The maximum atomic E-state index is 11.8. The molecule has 2 aromatic rings. The summed E-state index contributed by atoms with van der Waals surface area (Å²) in [7, 11) is 0. The van der Waals surface area contributed by atoms with Crippen molar-refractivity contribution in [3.63, 3.8) is 0 Å². The van der Waals surface area contributed by atoms with E-state index in [0.29, 0.717) is 17.3 Å². The third-order valence-electron chi connectivity index (χ3n) is 2.80. The molecule has 3 N–H and O–H groups in total. The van der Waals surface area contributed by atoms with E-state index in [4.69, 9.17) is 11.6 Å². The molecule has 0 aromatic heterocycles. The average molecular weight is 291 g/mol. The van der Waals surface area contributed by atoms with Crippen molar-refractivity contribution in [1.82, 2.24) is 5.32 Å². The second-order valence-electron chi connectivity index (χ2n) is 4.42. The summed E-state index contributed by atoms with van der Waals surface area (Å²) < 4.78 is 0. The van der Waals surface area contributed by atoms with Crippen molar-refractivity contribution in [1.29, 1.82) is 0 Å². The number of halogens is 1. The predicted octanol–water partition coefficient (Wildman–Crippen LogP) is 3.68. The third kappa shape index (κ3) is 3.65. The van der Waals surface area contributed by atoms with Gasteiger partial charge in [0.1, 0.15) is 5.75 Å². The molecule has 0 aliphatic rings. The topological polar surface area (TPSA) is 61.4 Å². The maximum absolute atomic E-state index is 11.8. The summed E-state index contributed by atoms with van der Waals surface area (Å²) in [6, 6.07) is 11.9. The van der Waals surface area contributed by atoms with Crippen LogP contribution >= 0.6 is 11.6 Å². The van der Waals surface area contributed by atoms with Crippen molar-refractivity contribution in [2.24, 2.45) is 0 Å².